The van der Waals surface area contributed by atoms with Gasteiger partial charge in [0.25, 0.3) is 0 Å². The van der Waals surface area contributed by atoms with E-state index in [1.165, 1.54) is 0 Å². The lowest BCUT2D eigenvalue weighted by Gasteiger charge is -2.35. The monoisotopic (exact) mass is 434 g/mol. The molecule has 2 aliphatic rings. The van der Waals surface area contributed by atoms with Gasteiger partial charge in [0.2, 0.25) is 5.95 Å². The van der Waals surface area contributed by atoms with Crippen molar-refractivity contribution in [3.63, 3.8) is 0 Å². The SMILES string of the molecule is C[C@@H]1CN(c2nccc(CN3CCC(c4nc(-c5cccnc5)n[nH]4)CC3)n2)C[C@H](C)O1. The minimum absolute atomic E-state index is 0.194. The first-order valence-corrected chi connectivity index (χ1v) is 11.4. The van der Waals surface area contributed by atoms with E-state index in [4.69, 9.17) is 14.7 Å². The molecule has 2 fully saturated rings. The number of morpholine rings is 1. The molecule has 0 unspecified atom stereocenters. The largest absolute Gasteiger partial charge is 0.372 e. The molecular weight excluding hydrogens is 404 g/mol. The summed E-state index contributed by atoms with van der Waals surface area (Å²) in [5, 5.41) is 7.54. The Morgan fingerprint density at radius 3 is 2.62 bits per heavy atom. The van der Waals surface area contributed by atoms with Crippen LogP contribution in [-0.4, -0.2) is 73.4 Å². The van der Waals surface area contributed by atoms with Crippen LogP contribution in [-0.2, 0) is 11.3 Å². The average Bonchev–Trinajstić information content (AvgIpc) is 3.30. The lowest BCUT2D eigenvalue weighted by atomic mass is 9.96. The third-order valence-corrected chi connectivity index (χ3v) is 6.19. The number of rotatable bonds is 5. The van der Waals surface area contributed by atoms with Crippen molar-refractivity contribution in [1.29, 1.82) is 0 Å². The number of aromatic amines is 1. The first-order valence-electron chi connectivity index (χ1n) is 11.4. The zero-order valence-electron chi connectivity index (χ0n) is 18.7. The number of nitrogens with one attached hydrogen (secondary N) is 1. The van der Waals surface area contributed by atoms with Gasteiger partial charge in [0.05, 0.1) is 17.9 Å². The molecule has 0 spiro atoms. The van der Waals surface area contributed by atoms with Crippen molar-refractivity contribution in [1.82, 2.24) is 35.0 Å². The second-order valence-corrected chi connectivity index (χ2v) is 8.85. The molecule has 0 bridgehead atoms. The summed E-state index contributed by atoms with van der Waals surface area (Å²) in [6, 6.07) is 5.92. The summed E-state index contributed by atoms with van der Waals surface area (Å²) < 4.78 is 5.84. The highest BCUT2D eigenvalue weighted by molar-refractivity contribution is 5.52. The number of hydrogen-bond donors (Lipinski definition) is 1. The number of piperidine rings is 1. The van der Waals surface area contributed by atoms with Crippen LogP contribution in [0.25, 0.3) is 11.4 Å². The first-order chi connectivity index (χ1) is 15.6. The summed E-state index contributed by atoms with van der Waals surface area (Å²) in [7, 11) is 0. The molecule has 5 rings (SSSR count). The van der Waals surface area contributed by atoms with Crippen LogP contribution in [0.1, 0.15) is 44.1 Å². The Morgan fingerprint density at radius 1 is 1.06 bits per heavy atom. The summed E-state index contributed by atoms with van der Waals surface area (Å²) in [5.74, 6) is 2.91. The highest BCUT2D eigenvalue weighted by atomic mass is 16.5. The topological polar surface area (TPSA) is 96.0 Å². The van der Waals surface area contributed by atoms with Gasteiger partial charge >= 0.3 is 0 Å². The maximum absolute atomic E-state index is 5.84. The lowest BCUT2D eigenvalue weighted by molar-refractivity contribution is -0.00574. The number of nitrogens with zero attached hydrogens (tertiary/aromatic N) is 7. The summed E-state index contributed by atoms with van der Waals surface area (Å²) in [4.78, 5) is 23.0. The van der Waals surface area contributed by atoms with Crippen LogP contribution in [0.5, 0.6) is 0 Å². The van der Waals surface area contributed by atoms with Crippen LogP contribution in [0.3, 0.4) is 0 Å². The highest BCUT2D eigenvalue weighted by Crippen LogP contribution is 2.27. The number of H-pyrrole nitrogens is 1. The minimum atomic E-state index is 0.194. The Morgan fingerprint density at radius 2 is 1.88 bits per heavy atom. The smallest absolute Gasteiger partial charge is 0.225 e. The molecule has 9 nitrogen and oxygen atoms in total. The van der Waals surface area contributed by atoms with Gasteiger partial charge in [0.15, 0.2) is 5.82 Å². The standard InChI is InChI=1S/C23H30N8O/c1-16-13-31(14-17(2)32-16)23-25-9-5-20(26-23)15-30-10-6-18(7-11-30)21-27-22(29-28-21)19-4-3-8-24-12-19/h3-5,8-9,12,16-18H,6-7,10-11,13-15H2,1-2H3,(H,27,28,29)/t16-,17+. The fraction of sp³-hybridized carbons (Fsp3) is 0.522. The Labute approximate surface area is 188 Å². The molecule has 2 atom stereocenters. The van der Waals surface area contributed by atoms with Crippen LogP contribution < -0.4 is 4.90 Å². The molecule has 3 aromatic rings. The van der Waals surface area contributed by atoms with Crippen molar-refractivity contribution in [2.45, 2.75) is 51.4 Å². The van der Waals surface area contributed by atoms with Gasteiger partial charge in [-0.2, -0.15) is 5.10 Å². The van der Waals surface area contributed by atoms with Crippen LogP contribution in [0, 0.1) is 0 Å². The first kappa shape index (κ1) is 21.0. The average molecular weight is 435 g/mol. The molecule has 1 N–H and O–H groups in total. The predicted octanol–water partition coefficient (Wildman–Crippen LogP) is 2.65. The molecule has 0 radical (unpaired) electrons. The fourth-order valence-electron chi connectivity index (χ4n) is 4.64. The Balaban J connectivity index is 1.18. The van der Waals surface area contributed by atoms with E-state index < -0.39 is 0 Å². The van der Waals surface area contributed by atoms with E-state index in [9.17, 15) is 0 Å². The second-order valence-electron chi connectivity index (χ2n) is 8.85. The summed E-state index contributed by atoms with van der Waals surface area (Å²) in [5.41, 5.74) is 2.01. The summed E-state index contributed by atoms with van der Waals surface area (Å²) in [6.45, 7) is 8.73. The van der Waals surface area contributed by atoms with Crippen molar-refractivity contribution in [3.8, 4) is 11.4 Å². The van der Waals surface area contributed by atoms with Crippen molar-refractivity contribution < 1.29 is 4.74 Å². The normalized spacial score (nSPS) is 22.9. The number of hydrogen-bond acceptors (Lipinski definition) is 8. The third kappa shape index (κ3) is 4.78. The molecule has 32 heavy (non-hydrogen) atoms. The molecule has 3 aromatic heterocycles. The fourth-order valence-corrected chi connectivity index (χ4v) is 4.64. The van der Waals surface area contributed by atoms with Crippen LogP contribution in [0.15, 0.2) is 36.8 Å². The molecule has 2 aliphatic heterocycles. The molecule has 168 valence electrons. The van der Waals surface area contributed by atoms with Gasteiger partial charge in [-0.05, 0) is 58.0 Å². The van der Waals surface area contributed by atoms with E-state index in [1.54, 1.807) is 12.4 Å². The minimum Gasteiger partial charge on any atom is -0.372 e. The van der Waals surface area contributed by atoms with E-state index in [-0.39, 0.29) is 12.2 Å². The molecule has 0 aromatic carbocycles. The number of aromatic nitrogens is 6. The van der Waals surface area contributed by atoms with Crippen LogP contribution in [0.4, 0.5) is 5.95 Å². The zero-order valence-corrected chi connectivity index (χ0v) is 18.7. The maximum Gasteiger partial charge on any atom is 0.225 e. The number of likely N-dealkylation sites (tertiary alicyclic amines) is 1. The molecule has 0 amide bonds. The predicted molar refractivity (Wildman–Crippen MR) is 121 cm³/mol. The molecule has 0 saturated carbocycles. The molecule has 9 heteroatoms. The molecular formula is C23H30N8O. The van der Waals surface area contributed by atoms with E-state index in [1.807, 2.05) is 24.4 Å². The van der Waals surface area contributed by atoms with E-state index in [0.29, 0.717) is 5.92 Å². The van der Waals surface area contributed by atoms with Crippen molar-refractivity contribution in [2.24, 2.45) is 0 Å². The Hall–Kier alpha value is -2.91. The van der Waals surface area contributed by atoms with Gasteiger partial charge < -0.3 is 9.64 Å². The van der Waals surface area contributed by atoms with Crippen molar-refractivity contribution in [3.05, 3.63) is 48.3 Å². The molecule has 2 saturated heterocycles. The van der Waals surface area contributed by atoms with Gasteiger partial charge in [0, 0.05) is 49.7 Å². The number of anilines is 1. The van der Waals surface area contributed by atoms with Crippen LogP contribution >= 0.6 is 0 Å². The van der Waals surface area contributed by atoms with Crippen LogP contribution in [0.2, 0.25) is 0 Å². The zero-order chi connectivity index (χ0) is 21.9. The Bertz CT molecular complexity index is 1010. The van der Waals surface area contributed by atoms with Gasteiger partial charge in [-0.15, -0.1) is 0 Å². The van der Waals surface area contributed by atoms with Crippen molar-refractivity contribution in [2.75, 3.05) is 31.1 Å². The van der Waals surface area contributed by atoms with Crippen molar-refractivity contribution >= 4 is 5.95 Å². The molecule has 5 heterocycles. The third-order valence-electron chi connectivity index (χ3n) is 6.19. The molecule has 0 aliphatic carbocycles. The number of pyridine rings is 1. The summed E-state index contributed by atoms with van der Waals surface area (Å²) in [6.07, 6.45) is 7.93. The quantitative estimate of drug-likeness (QED) is 0.655. The lowest BCUT2D eigenvalue weighted by Crippen LogP contribution is -2.46. The highest BCUT2D eigenvalue weighted by Gasteiger charge is 2.26. The van der Waals surface area contributed by atoms with Gasteiger partial charge in [-0.1, -0.05) is 0 Å². The number of ether oxygens (including phenoxy) is 1. The van der Waals surface area contributed by atoms with E-state index in [2.05, 4.69) is 43.8 Å². The van der Waals surface area contributed by atoms with Gasteiger partial charge in [-0.3, -0.25) is 15.0 Å². The Kier molecular flexibility index (Phi) is 6.09. The summed E-state index contributed by atoms with van der Waals surface area (Å²) >= 11 is 0. The van der Waals surface area contributed by atoms with Gasteiger partial charge in [0.1, 0.15) is 5.82 Å². The van der Waals surface area contributed by atoms with E-state index >= 15 is 0 Å². The maximum atomic E-state index is 5.84. The second kappa shape index (κ2) is 9.30. The van der Waals surface area contributed by atoms with Gasteiger partial charge in [-0.25, -0.2) is 15.0 Å². The van der Waals surface area contributed by atoms with E-state index in [0.717, 1.165) is 74.4 Å².